The van der Waals surface area contributed by atoms with Gasteiger partial charge in [0.15, 0.2) is 0 Å². The number of benzene rings is 1. The summed E-state index contributed by atoms with van der Waals surface area (Å²) < 4.78 is 5.38. The zero-order chi connectivity index (χ0) is 15.2. The second kappa shape index (κ2) is 7.44. The van der Waals surface area contributed by atoms with E-state index in [0.717, 1.165) is 6.42 Å². The van der Waals surface area contributed by atoms with E-state index in [2.05, 4.69) is 31.3 Å². The summed E-state index contributed by atoms with van der Waals surface area (Å²) in [5, 5.41) is 3.50. The number of hydrogen-bond acceptors (Lipinski definition) is 3. The summed E-state index contributed by atoms with van der Waals surface area (Å²) in [6.45, 7) is 9.89. The Kier molecular flexibility index (Phi) is 6.21. The van der Waals surface area contributed by atoms with Crippen LogP contribution >= 0.6 is 0 Å². The Morgan fingerprint density at radius 1 is 1.25 bits per heavy atom. The van der Waals surface area contributed by atoms with Gasteiger partial charge in [0.2, 0.25) is 0 Å². The number of carbonyl (C=O) groups excluding carboxylic acids is 1. The van der Waals surface area contributed by atoms with Crippen LogP contribution in [0.5, 0.6) is 0 Å². The van der Waals surface area contributed by atoms with Crippen LogP contribution in [-0.2, 0) is 9.53 Å². The third-order valence-corrected chi connectivity index (χ3v) is 3.11. The first-order valence-electron chi connectivity index (χ1n) is 7.34. The first-order valence-corrected chi connectivity index (χ1v) is 7.34. The van der Waals surface area contributed by atoms with Gasteiger partial charge in [-0.3, -0.25) is 4.79 Å². The Hall–Kier alpha value is -1.35. The molecule has 0 aromatic heterocycles. The van der Waals surface area contributed by atoms with Gasteiger partial charge in [-0.1, -0.05) is 37.3 Å². The first-order chi connectivity index (χ1) is 9.31. The van der Waals surface area contributed by atoms with Crippen molar-refractivity contribution in [3.05, 3.63) is 35.9 Å². The number of rotatable bonds is 6. The number of ether oxygens (including phenoxy) is 1. The molecule has 0 aliphatic carbocycles. The molecule has 0 amide bonds. The molecule has 1 aromatic rings. The predicted octanol–water partition coefficient (Wildman–Crippen LogP) is 3.85. The summed E-state index contributed by atoms with van der Waals surface area (Å²) in [5.41, 5.74) is 0.815. The van der Waals surface area contributed by atoms with E-state index >= 15 is 0 Å². The number of hydrogen-bond donors (Lipinski definition) is 1. The zero-order valence-electron chi connectivity index (χ0n) is 13.3. The maximum absolute atomic E-state index is 11.9. The zero-order valence-corrected chi connectivity index (χ0v) is 13.3. The highest BCUT2D eigenvalue weighted by Crippen LogP contribution is 2.15. The van der Waals surface area contributed by atoms with Gasteiger partial charge in [-0.05, 0) is 39.7 Å². The molecule has 0 saturated heterocycles. The standard InChI is InChI=1S/C17H27NO2/c1-6-15(12-16(19)20-17(3,4)5)18-13(2)14-10-8-7-9-11-14/h7-11,13,15,18H,6,12H2,1-5H3. The molecule has 1 N–H and O–H groups in total. The van der Waals surface area contributed by atoms with Crippen LogP contribution in [0.25, 0.3) is 0 Å². The fraction of sp³-hybridized carbons (Fsp3) is 0.588. The molecule has 0 bridgehead atoms. The van der Waals surface area contributed by atoms with Crippen LogP contribution in [0.2, 0.25) is 0 Å². The highest BCUT2D eigenvalue weighted by atomic mass is 16.6. The molecule has 2 atom stereocenters. The van der Waals surface area contributed by atoms with Crippen molar-refractivity contribution in [2.45, 2.75) is 65.1 Å². The lowest BCUT2D eigenvalue weighted by Gasteiger charge is -2.24. The predicted molar refractivity (Wildman–Crippen MR) is 82.5 cm³/mol. The second-order valence-electron chi connectivity index (χ2n) is 6.19. The van der Waals surface area contributed by atoms with Crippen molar-refractivity contribution in [3.63, 3.8) is 0 Å². The van der Waals surface area contributed by atoms with Crippen molar-refractivity contribution >= 4 is 5.97 Å². The van der Waals surface area contributed by atoms with Crippen molar-refractivity contribution in [3.8, 4) is 0 Å². The van der Waals surface area contributed by atoms with Gasteiger partial charge >= 0.3 is 5.97 Å². The monoisotopic (exact) mass is 277 g/mol. The highest BCUT2D eigenvalue weighted by molar-refractivity contribution is 5.70. The lowest BCUT2D eigenvalue weighted by molar-refractivity contribution is -0.155. The topological polar surface area (TPSA) is 38.3 Å². The SMILES string of the molecule is CCC(CC(=O)OC(C)(C)C)NC(C)c1ccccc1. The number of carbonyl (C=O) groups is 1. The molecular weight excluding hydrogens is 250 g/mol. The summed E-state index contributed by atoms with van der Waals surface area (Å²) in [6, 6.07) is 10.6. The van der Waals surface area contributed by atoms with Gasteiger partial charge in [0.1, 0.15) is 5.60 Å². The maximum Gasteiger partial charge on any atom is 0.307 e. The molecule has 0 aliphatic heterocycles. The van der Waals surface area contributed by atoms with Crippen molar-refractivity contribution in [2.75, 3.05) is 0 Å². The fourth-order valence-corrected chi connectivity index (χ4v) is 2.10. The lowest BCUT2D eigenvalue weighted by atomic mass is 10.1. The van der Waals surface area contributed by atoms with Crippen molar-refractivity contribution < 1.29 is 9.53 Å². The van der Waals surface area contributed by atoms with Crippen LogP contribution < -0.4 is 5.32 Å². The van der Waals surface area contributed by atoms with Gasteiger partial charge in [0.25, 0.3) is 0 Å². The van der Waals surface area contributed by atoms with Crippen LogP contribution in [0.4, 0.5) is 0 Å². The molecule has 1 aromatic carbocycles. The molecule has 2 unspecified atom stereocenters. The molecule has 3 heteroatoms. The Morgan fingerprint density at radius 3 is 2.35 bits per heavy atom. The smallest absolute Gasteiger partial charge is 0.307 e. The summed E-state index contributed by atoms with van der Waals surface area (Å²) in [6.07, 6.45) is 1.31. The molecule has 3 nitrogen and oxygen atoms in total. The van der Waals surface area contributed by atoms with Crippen LogP contribution in [0.3, 0.4) is 0 Å². The van der Waals surface area contributed by atoms with Gasteiger partial charge in [-0.15, -0.1) is 0 Å². The second-order valence-corrected chi connectivity index (χ2v) is 6.19. The van der Waals surface area contributed by atoms with Gasteiger partial charge < -0.3 is 10.1 Å². The number of nitrogens with one attached hydrogen (secondary N) is 1. The molecule has 112 valence electrons. The molecule has 0 heterocycles. The molecule has 20 heavy (non-hydrogen) atoms. The Labute approximate surface area is 122 Å². The van der Waals surface area contributed by atoms with Crippen molar-refractivity contribution in [2.24, 2.45) is 0 Å². The van der Waals surface area contributed by atoms with E-state index in [1.165, 1.54) is 5.56 Å². The molecule has 0 radical (unpaired) electrons. The maximum atomic E-state index is 11.9. The van der Waals surface area contributed by atoms with Gasteiger partial charge in [0, 0.05) is 12.1 Å². The fourth-order valence-electron chi connectivity index (χ4n) is 2.10. The largest absolute Gasteiger partial charge is 0.460 e. The Bertz CT molecular complexity index is 409. The minimum absolute atomic E-state index is 0.139. The summed E-state index contributed by atoms with van der Waals surface area (Å²) in [7, 11) is 0. The molecule has 0 spiro atoms. The van der Waals surface area contributed by atoms with E-state index in [0.29, 0.717) is 6.42 Å². The molecule has 1 rings (SSSR count). The number of esters is 1. The van der Waals surface area contributed by atoms with Crippen molar-refractivity contribution in [1.82, 2.24) is 5.32 Å². The quantitative estimate of drug-likeness (QED) is 0.803. The summed E-state index contributed by atoms with van der Waals surface area (Å²) in [5.74, 6) is -0.142. The average Bonchev–Trinajstić information content (AvgIpc) is 2.36. The van der Waals surface area contributed by atoms with Crippen molar-refractivity contribution in [1.29, 1.82) is 0 Å². The molecule has 0 saturated carbocycles. The van der Waals surface area contributed by atoms with Gasteiger partial charge in [-0.25, -0.2) is 0 Å². The van der Waals surface area contributed by atoms with Gasteiger partial charge in [0.05, 0.1) is 6.42 Å². The summed E-state index contributed by atoms with van der Waals surface area (Å²) >= 11 is 0. The van der Waals surface area contributed by atoms with E-state index in [1.807, 2.05) is 39.0 Å². The Morgan fingerprint density at radius 2 is 1.85 bits per heavy atom. The normalized spacial score (nSPS) is 14.7. The first kappa shape index (κ1) is 16.7. The lowest BCUT2D eigenvalue weighted by Crippen LogP contribution is -2.35. The van der Waals surface area contributed by atoms with E-state index in [4.69, 9.17) is 4.74 Å². The minimum atomic E-state index is -0.416. The molecule has 0 aliphatic rings. The van der Waals surface area contributed by atoms with E-state index < -0.39 is 5.60 Å². The molecule has 0 fully saturated rings. The summed E-state index contributed by atoms with van der Waals surface area (Å²) in [4.78, 5) is 11.9. The van der Waals surface area contributed by atoms with Gasteiger partial charge in [-0.2, -0.15) is 0 Å². The van der Waals surface area contributed by atoms with Crippen LogP contribution in [0, 0.1) is 0 Å². The third kappa shape index (κ3) is 6.20. The minimum Gasteiger partial charge on any atom is -0.460 e. The molecular formula is C17H27NO2. The average molecular weight is 277 g/mol. The third-order valence-electron chi connectivity index (χ3n) is 3.11. The van der Waals surface area contributed by atoms with E-state index in [1.54, 1.807) is 0 Å². The highest BCUT2D eigenvalue weighted by Gasteiger charge is 2.20. The Balaban J connectivity index is 2.53. The van der Waals surface area contributed by atoms with Crippen LogP contribution in [0.1, 0.15) is 59.1 Å². The van der Waals surface area contributed by atoms with Crippen LogP contribution in [0.15, 0.2) is 30.3 Å². The van der Waals surface area contributed by atoms with Crippen LogP contribution in [-0.4, -0.2) is 17.6 Å². The van der Waals surface area contributed by atoms with E-state index in [-0.39, 0.29) is 18.1 Å². The van der Waals surface area contributed by atoms with E-state index in [9.17, 15) is 4.79 Å².